The summed E-state index contributed by atoms with van der Waals surface area (Å²) in [4.78, 5) is 22.9. The van der Waals surface area contributed by atoms with Crippen LogP contribution in [0.15, 0.2) is 18.2 Å². The SMILES string of the molecule is CC(C)[C@@H](NC(=O)c1ccc(Cl)c(I)c1)C(=O)O. The van der Waals surface area contributed by atoms with Crippen LogP contribution in [-0.4, -0.2) is 23.0 Å². The molecule has 18 heavy (non-hydrogen) atoms. The second-order valence-electron chi connectivity index (χ2n) is 4.16. The Morgan fingerprint density at radius 1 is 1.39 bits per heavy atom. The molecule has 6 heteroatoms. The van der Waals surface area contributed by atoms with E-state index in [1.807, 2.05) is 22.6 Å². The van der Waals surface area contributed by atoms with Gasteiger partial charge in [0, 0.05) is 9.13 Å². The predicted octanol–water partition coefficient (Wildman–Crippen LogP) is 2.78. The third kappa shape index (κ3) is 3.84. The Morgan fingerprint density at radius 3 is 2.44 bits per heavy atom. The zero-order valence-corrected chi connectivity index (χ0v) is 12.8. The highest BCUT2D eigenvalue weighted by molar-refractivity contribution is 14.1. The largest absolute Gasteiger partial charge is 0.480 e. The van der Waals surface area contributed by atoms with Crippen molar-refractivity contribution in [3.05, 3.63) is 32.4 Å². The second kappa shape index (κ2) is 6.38. The zero-order chi connectivity index (χ0) is 13.9. The molecule has 4 nitrogen and oxygen atoms in total. The van der Waals surface area contributed by atoms with Crippen LogP contribution < -0.4 is 5.32 Å². The molecule has 1 rings (SSSR count). The van der Waals surface area contributed by atoms with Gasteiger partial charge in [0.2, 0.25) is 0 Å². The maximum Gasteiger partial charge on any atom is 0.326 e. The number of halogens is 2. The lowest BCUT2D eigenvalue weighted by molar-refractivity contribution is -0.140. The smallest absolute Gasteiger partial charge is 0.326 e. The molecule has 1 atom stereocenters. The lowest BCUT2D eigenvalue weighted by Gasteiger charge is -2.18. The van der Waals surface area contributed by atoms with Crippen LogP contribution in [0.5, 0.6) is 0 Å². The fourth-order valence-corrected chi connectivity index (χ4v) is 2.01. The lowest BCUT2D eigenvalue weighted by atomic mass is 10.0. The molecule has 0 radical (unpaired) electrons. The van der Waals surface area contributed by atoms with Crippen LogP contribution in [0.3, 0.4) is 0 Å². The number of aliphatic carboxylic acids is 1. The van der Waals surface area contributed by atoms with Gasteiger partial charge in [0.1, 0.15) is 6.04 Å². The molecule has 0 heterocycles. The topological polar surface area (TPSA) is 66.4 Å². The Morgan fingerprint density at radius 2 is 2.00 bits per heavy atom. The Hall–Kier alpha value is -0.820. The van der Waals surface area contributed by atoms with Gasteiger partial charge in [-0.05, 0) is 46.7 Å². The average Bonchev–Trinajstić information content (AvgIpc) is 2.28. The maximum absolute atomic E-state index is 11.9. The molecule has 0 aliphatic heterocycles. The van der Waals surface area contributed by atoms with Gasteiger partial charge in [-0.1, -0.05) is 25.4 Å². The second-order valence-corrected chi connectivity index (χ2v) is 5.73. The Kier molecular flexibility index (Phi) is 5.40. The number of hydrogen-bond donors (Lipinski definition) is 2. The average molecular weight is 382 g/mol. The lowest BCUT2D eigenvalue weighted by Crippen LogP contribution is -2.44. The van der Waals surface area contributed by atoms with Crippen molar-refractivity contribution in [2.24, 2.45) is 5.92 Å². The van der Waals surface area contributed by atoms with Gasteiger partial charge >= 0.3 is 5.97 Å². The van der Waals surface area contributed by atoms with Crippen molar-refractivity contribution in [2.45, 2.75) is 19.9 Å². The summed E-state index contributed by atoms with van der Waals surface area (Å²) in [5.74, 6) is -1.63. The van der Waals surface area contributed by atoms with E-state index in [2.05, 4.69) is 5.32 Å². The first-order valence-electron chi connectivity index (χ1n) is 5.31. The first-order valence-corrected chi connectivity index (χ1v) is 6.77. The van der Waals surface area contributed by atoms with Crippen LogP contribution in [0.4, 0.5) is 0 Å². The fraction of sp³-hybridized carbons (Fsp3) is 0.333. The molecule has 0 saturated carbocycles. The monoisotopic (exact) mass is 381 g/mol. The van der Waals surface area contributed by atoms with Crippen LogP contribution in [0.2, 0.25) is 5.02 Å². The van der Waals surface area contributed by atoms with Crippen molar-refractivity contribution in [2.75, 3.05) is 0 Å². The molecule has 0 bridgehead atoms. The molecule has 2 N–H and O–H groups in total. The number of carboxylic acids is 1. The van der Waals surface area contributed by atoms with Crippen molar-refractivity contribution in [1.29, 1.82) is 0 Å². The summed E-state index contributed by atoms with van der Waals surface area (Å²) in [5, 5.41) is 12.1. The molecular formula is C12H13ClINO3. The first kappa shape index (κ1) is 15.2. The molecule has 98 valence electrons. The van der Waals surface area contributed by atoms with E-state index in [-0.39, 0.29) is 5.92 Å². The summed E-state index contributed by atoms with van der Waals surface area (Å²) in [6.07, 6.45) is 0. The van der Waals surface area contributed by atoms with Crippen LogP contribution in [0.1, 0.15) is 24.2 Å². The van der Waals surface area contributed by atoms with Crippen LogP contribution in [-0.2, 0) is 4.79 Å². The van der Waals surface area contributed by atoms with E-state index < -0.39 is 17.9 Å². The van der Waals surface area contributed by atoms with E-state index in [1.165, 1.54) is 0 Å². The van der Waals surface area contributed by atoms with Crippen molar-refractivity contribution in [3.63, 3.8) is 0 Å². The minimum absolute atomic E-state index is 0.183. The minimum Gasteiger partial charge on any atom is -0.480 e. The van der Waals surface area contributed by atoms with Gasteiger partial charge in [0.25, 0.3) is 5.91 Å². The van der Waals surface area contributed by atoms with Gasteiger partial charge in [0.15, 0.2) is 0 Å². The quantitative estimate of drug-likeness (QED) is 0.788. The van der Waals surface area contributed by atoms with Crippen LogP contribution in [0.25, 0.3) is 0 Å². The molecule has 1 amide bonds. The molecule has 1 aromatic rings. The van der Waals surface area contributed by atoms with E-state index in [9.17, 15) is 9.59 Å². The molecule has 0 aromatic heterocycles. The first-order chi connectivity index (χ1) is 8.32. The summed E-state index contributed by atoms with van der Waals surface area (Å²) in [6, 6.07) is 3.91. The van der Waals surface area contributed by atoms with E-state index >= 15 is 0 Å². The third-order valence-corrected chi connectivity index (χ3v) is 3.94. The van der Waals surface area contributed by atoms with Gasteiger partial charge in [-0.25, -0.2) is 4.79 Å². The number of carbonyl (C=O) groups excluding carboxylic acids is 1. The molecule has 1 aromatic carbocycles. The van der Waals surface area contributed by atoms with E-state index in [1.54, 1.807) is 32.0 Å². The predicted molar refractivity (Wildman–Crippen MR) is 77.9 cm³/mol. The Labute approximate surface area is 124 Å². The highest BCUT2D eigenvalue weighted by Gasteiger charge is 2.24. The molecular weight excluding hydrogens is 368 g/mol. The number of rotatable bonds is 4. The molecule has 0 saturated heterocycles. The summed E-state index contributed by atoms with van der Waals surface area (Å²) in [6.45, 7) is 3.48. The number of carbonyl (C=O) groups is 2. The molecule has 0 spiro atoms. The highest BCUT2D eigenvalue weighted by Crippen LogP contribution is 2.19. The van der Waals surface area contributed by atoms with Crippen LogP contribution >= 0.6 is 34.2 Å². The van der Waals surface area contributed by atoms with Gasteiger partial charge in [-0.15, -0.1) is 0 Å². The number of amides is 1. The normalized spacial score (nSPS) is 12.3. The molecule has 0 aliphatic carbocycles. The highest BCUT2D eigenvalue weighted by atomic mass is 127. The van der Waals surface area contributed by atoms with Gasteiger partial charge in [-0.2, -0.15) is 0 Å². The Bertz CT molecular complexity index is 476. The molecule has 0 aliphatic rings. The fourth-order valence-electron chi connectivity index (χ4n) is 1.38. The number of hydrogen-bond acceptors (Lipinski definition) is 2. The number of nitrogens with one attached hydrogen (secondary N) is 1. The van der Waals surface area contributed by atoms with E-state index in [0.717, 1.165) is 3.57 Å². The van der Waals surface area contributed by atoms with Gasteiger partial charge in [0.05, 0.1) is 5.02 Å². The van der Waals surface area contributed by atoms with Crippen LogP contribution in [0, 0.1) is 9.49 Å². The number of benzene rings is 1. The maximum atomic E-state index is 11.9. The van der Waals surface area contributed by atoms with Crippen molar-refractivity contribution < 1.29 is 14.7 Å². The minimum atomic E-state index is -1.04. The zero-order valence-electron chi connectivity index (χ0n) is 9.91. The van der Waals surface area contributed by atoms with E-state index in [4.69, 9.17) is 16.7 Å². The van der Waals surface area contributed by atoms with Gasteiger partial charge in [-0.3, -0.25) is 4.79 Å². The van der Waals surface area contributed by atoms with E-state index in [0.29, 0.717) is 10.6 Å². The summed E-state index contributed by atoms with van der Waals surface area (Å²) < 4.78 is 0.748. The Balaban J connectivity index is 2.87. The molecule has 0 fully saturated rings. The summed E-state index contributed by atoms with van der Waals surface area (Å²) in [7, 11) is 0. The van der Waals surface area contributed by atoms with Crippen molar-refractivity contribution >= 4 is 46.1 Å². The standard InChI is InChI=1S/C12H13ClINO3/c1-6(2)10(12(17)18)15-11(16)7-3-4-8(13)9(14)5-7/h3-6,10H,1-2H3,(H,15,16)(H,17,18)/t10-/m1/s1. The van der Waals surface area contributed by atoms with Gasteiger partial charge < -0.3 is 10.4 Å². The summed E-state index contributed by atoms with van der Waals surface area (Å²) >= 11 is 7.87. The number of carboxylic acid groups (broad SMARTS) is 1. The molecule has 0 unspecified atom stereocenters. The summed E-state index contributed by atoms with van der Waals surface area (Å²) in [5.41, 5.74) is 0.399. The third-order valence-electron chi connectivity index (χ3n) is 2.40. The van der Waals surface area contributed by atoms with Crippen molar-refractivity contribution in [3.8, 4) is 0 Å². The van der Waals surface area contributed by atoms with Crippen molar-refractivity contribution in [1.82, 2.24) is 5.32 Å².